The van der Waals surface area contributed by atoms with Crippen molar-refractivity contribution in [3.05, 3.63) is 63.5 Å². The van der Waals surface area contributed by atoms with Crippen molar-refractivity contribution in [3.8, 4) is 28.8 Å². The summed E-state index contributed by atoms with van der Waals surface area (Å²) in [7, 11) is 0. The number of aryl methyl sites for hydroxylation is 2. The van der Waals surface area contributed by atoms with E-state index in [1.807, 2.05) is 12.3 Å². The van der Waals surface area contributed by atoms with Crippen molar-refractivity contribution in [2.45, 2.75) is 20.8 Å². The van der Waals surface area contributed by atoms with Crippen molar-refractivity contribution >= 4 is 23.0 Å². The highest BCUT2D eigenvalue weighted by Crippen LogP contribution is 2.31. The van der Waals surface area contributed by atoms with Gasteiger partial charge < -0.3 is 9.84 Å². The smallest absolute Gasteiger partial charge is 0.161 e. The van der Waals surface area contributed by atoms with Gasteiger partial charge in [0.05, 0.1) is 17.9 Å². The molecule has 0 bridgehead atoms. The van der Waals surface area contributed by atoms with Gasteiger partial charge in [0.2, 0.25) is 0 Å². The zero-order valence-corrected chi connectivity index (χ0v) is 16.3. The van der Waals surface area contributed by atoms with Gasteiger partial charge in [-0.2, -0.15) is 5.26 Å². The van der Waals surface area contributed by atoms with Crippen LogP contribution < -0.4 is 4.74 Å². The van der Waals surface area contributed by atoms with Gasteiger partial charge in [-0.3, -0.25) is 0 Å². The van der Waals surface area contributed by atoms with Crippen LogP contribution in [0.1, 0.15) is 28.6 Å². The number of nitriles is 1. The Labute approximate surface area is 163 Å². The van der Waals surface area contributed by atoms with Crippen molar-refractivity contribution in [3.63, 3.8) is 0 Å². The zero-order valence-electron chi connectivity index (χ0n) is 15.5. The van der Waals surface area contributed by atoms with Gasteiger partial charge >= 0.3 is 0 Å². The second-order valence-electron chi connectivity index (χ2n) is 6.19. The summed E-state index contributed by atoms with van der Waals surface area (Å²) in [5.41, 5.74) is 5.56. The molecule has 27 heavy (non-hydrogen) atoms. The molecule has 1 heterocycles. The third-order valence-electron chi connectivity index (χ3n) is 4.11. The van der Waals surface area contributed by atoms with Crippen LogP contribution in [0.3, 0.4) is 0 Å². The normalized spacial score (nSPS) is 11.3. The molecule has 1 aromatic heterocycles. The summed E-state index contributed by atoms with van der Waals surface area (Å²) in [5.74, 6) is 0.484. The number of thiazole rings is 1. The third-order valence-corrected chi connectivity index (χ3v) is 4.98. The average molecular weight is 376 g/mol. The van der Waals surface area contributed by atoms with Gasteiger partial charge in [0.1, 0.15) is 11.1 Å². The number of hydrogen-bond donors (Lipinski definition) is 1. The lowest BCUT2D eigenvalue weighted by molar-refractivity contribution is 0.318. The van der Waals surface area contributed by atoms with Crippen LogP contribution in [0.15, 0.2) is 41.8 Å². The molecule has 1 N–H and O–H groups in total. The topological polar surface area (TPSA) is 66.1 Å². The summed E-state index contributed by atoms with van der Waals surface area (Å²) in [6.45, 7) is 6.44. The lowest BCUT2D eigenvalue weighted by atomic mass is 10.0. The number of aromatic nitrogens is 1. The molecule has 0 spiro atoms. The molecule has 5 heteroatoms. The van der Waals surface area contributed by atoms with Crippen LogP contribution in [-0.2, 0) is 0 Å². The number of phenolic OH excluding ortho intramolecular Hbond substituents is 1. The summed E-state index contributed by atoms with van der Waals surface area (Å²) in [5, 5.41) is 22.1. The summed E-state index contributed by atoms with van der Waals surface area (Å²) in [6.07, 6.45) is 1.76. The number of nitrogens with zero attached hydrogens (tertiary/aromatic N) is 2. The van der Waals surface area contributed by atoms with E-state index in [-0.39, 0.29) is 5.75 Å². The minimum Gasteiger partial charge on any atom is -0.504 e. The van der Waals surface area contributed by atoms with Crippen molar-refractivity contribution in [1.29, 1.82) is 5.26 Å². The van der Waals surface area contributed by atoms with E-state index in [1.165, 1.54) is 16.9 Å². The van der Waals surface area contributed by atoms with Gasteiger partial charge in [0, 0.05) is 10.9 Å². The van der Waals surface area contributed by atoms with Gasteiger partial charge in [-0.1, -0.05) is 29.8 Å². The second kappa shape index (κ2) is 8.07. The van der Waals surface area contributed by atoms with Crippen molar-refractivity contribution in [1.82, 2.24) is 4.98 Å². The minimum absolute atomic E-state index is 0.0823. The van der Waals surface area contributed by atoms with Crippen LogP contribution in [0, 0.1) is 25.2 Å². The van der Waals surface area contributed by atoms with Crippen LogP contribution in [0.5, 0.6) is 11.5 Å². The Balaban J connectivity index is 1.95. The molecule has 0 aliphatic rings. The highest BCUT2D eigenvalue weighted by atomic mass is 32.1. The van der Waals surface area contributed by atoms with Crippen molar-refractivity contribution in [2.24, 2.45) is 0 Å². The maximum absolute atomic E-state index is 9.83. The van der Waals surface area contributed by atoms with Crippen molar-refractivity contribution in [2.75, 3.05) is 6.61 Å². The molecule has 3 rings (SSSR count). The summed E-state index contributed by atoms with van der Waals surface area (Å²) < 4.78 is 5.41. The van der Waals surface area contributed by atoms with Gasteiger partial charge in [-0.25, -0.2) is 4.98 Å². The number of ether oxygens (including phenoxy) is 1. The van der Waals surface area contributed by atoms with Gasteiger partial charge in [-0.05, 0) is 50.1 Å². The molecular formula is C22H20N2O2S. The lowest BCUT2D eigenvalue weighted by Gasteiger charge is -2.06. The average Bonchev–Trinajstić information content (AvgIpc) is 3.12. The van der Waals surface area contributed by atoms with Crippen LogP contribution in [0.25, 0.3) is 22.9 Å². The maximum atomic E-state index is 9.83. The molecular weight excluding hydrogens is 356 g/mol. The largest absolute Gasteiger partial charge is 0.504 e. The molecule has 0 saturated carbocycles. The Morgan fingerprint density at radius 3 is 2.78 bits per heavy atom. The number of allylic oxidation sites excluding steroid dienone is 1. The van der Waals surface area contributed by atoms with E-state index in [4.69, 9.17) is 4.74 Å². The SMILES string of the molecule is CCOc1cc(/C=C(/C#N)c2nc(-c3ccc(C)cc3C)cs2)ccc1O. The Kier molecular flexibility index (Phi) is 5.58. The second-order valence-corrected chi connectivity index (χ2v) is 7.04. The molecule has 0 unspecified atom stereocenters. The molecule has 4 nitrogen and oxygen atoms in total. The summed E-state index contributed by atoms with van der Waals surface area (Å²) >= 11 is 1.44. The van der Waals surface area contributed by atoms with Gasteiger partial charge in [0.25, 0.3) is 0 Å². The minimum atomic E-state index is 0.0823. The molecule has 136 valence electrons. The zero-order chi connectivity index (χ0) is 19.4. The Morgan fingerprint density at radius 2 is 2.07 bits per heavy atom. The van der Waals surface area contributed by atoms with E-state index in [0.717, 1.165) is 22.4 Å². The predicted octanol–water partition coefficient (Wildman–Crippen LogP) is 5.60. The van der Waals surface area contributed by atoms with E-state index < -0.39 is 0 Å². The Morgan fingerprint density at radius 1 is 1.26 bits per heavy atom. The molecule has 0 saturated heterocycles. The third kappa shape index (κ3) is 4.18. The molecule has 0 aliphatic heterocycles. The number of rotatable bonds is 5. The first-order chi connectivity index (χ1) is 13.0. The fourth-order valence-corrected chi connectivity index (χ4v) is 3.61. The molecule has 0 aliphatic carbocycles. The van der Waals surface area contributed by atoms with E-state index in [1.54, 1.807) is 24.3 Å². The molecule has 0 amide bonds. The number of phenols is 1. The fraction of sp³-hybridized carbons (Fsp3) is 0.182. The lowest BCUT2D eigenvalue weighted by Crippen LogP contribution is -1.92. The first-order valence-corrected chi connectivity index (χ1v) is 9.51. The fourth-order valence-electron chi connectivity index (χ4n) is 2.82. The standard InChI is InChI=1S/C22H20N2O2S/c1-4-26-21-11-16(6-8-20(21)25)10-17(12-23)22-24-19(13-27-22)18-7-5-14(2)9-15(18)3/h5-11,13,25H,4H2,1-3H3/b17-10-. The van der Waals surface area contributed by atoms with Crippen LogP contribution in [0.2, 0.25) is 0 Å². The van der Waals surface area contributed by atoms with Crippen LogP contribution in [-0.4, -0.2) is 16.7 Å². The summed E-state index contributed by atoms with van der Waals surface area (Å²) in [6, 6.07) is 13.5. The molecule has 0 radical (unpaired) electrons. The highest BCUT2D eigenvalue weighted by Gasteiger charge is 2.11. The van der Waals surface area contributed by atoms with Crippen LogP contribution in [0.4, 0.5) is 0 Å². The first kappa shape index (κ1) is 18.7. The number of hydrogen-bond acceptors (Lipinski definition) is 5. The van der Waals surface area contributed by atoms with E-state index >= 15 is 0 Å². The monoisotopic (exact) mass is 376 g/mol. The predicted molar refractivity (Wildman–Crippen MR) is 110 cm³/mol. The van der Waals surface area contributed by atoms with E-state index in [2.05, 4.69) is 43.1 Å². The highest BCUT2D eigenvalue weighted by molar-refractivity contribution is 7.11. The van der Waals surface area contributed by atoms with E-state index in [0.29, 0.717) is 22.9 Å². The summed E-state index contributed by atoms with van der Waals surface area (Å²) in [4.78, 5) is 4.66. The number of aromatic hydroxyl groups is 1. The van der Waals surface area contributed by atoms with Crippen molar-refractivity contribution < 1.29 is 9.84 Å². The van der Waals surface area contributed by atoms with Gasteiger partial charge in [-0.15, -0.1) is 11.3 Å². The number of benzene rings is 2. The molecule has 2 aromatic carbocycles. The van der Waals surface area contributed by atoms with E-state index in [9.17, 15) is 10.4 Å². The van der Waals surface area contributed by atoms with Crippen LogP contribution >= 0.6 is 11.3 Å². The van der Waals surface area contributed by atoms with Gasteiger partial charge in [0.15, 0.2) is 11.5 Å². The molecule has 0 fully saturated rings. The first-order valence-electron chi connectivity index (χ1n) is 8.63. The maximum Gasteiger partial charge on any atom is 0.161 e. The Hall–Kier alpha value is -3.10. The quantitative estimate of drug-likeness (QED) is 0.589. The Bertz CT molecular complexity index is 1040. The molecule has 0 atom stereocenters. The molecule has 3 aromatic rings.